The Morgan fingerprint density at radius 1 is 1.31 bits per heavy atom. The fraction of sp³-hybridized carbons (Fsp3) is 0.200. The third-order valence-electron chi connectivity index (χ3n) is 2.05. The van der Waals surface area contributed by atoms with Crippen molar-refractivity contribution in [2.75, 3.05) is 7.11 Å². The molecule has 0 unspecified atom stereocenters. The molecule has 2 aromatic heterocycles. The Labute approximate surface area is 76.4 Å². The molecule has 0 aliphatic rings. The number of rotatable bonds is 1. The summed E-state index contributed by atoms with van der Waals surface area (Å²) in [7, 11) is 1.64. The second kappa shape index (κ2) is 3.01. The third-order valence-corrected chi connectivity index (χ3v) is 2.05. The van der Waals surface area contributed by atoms with Gasteiger partial charge in [-0.15, -0.1) is 0 Å². The van der Waals surface area contributed by atoms with Gasteiger partial charge >= 0.3 is 0 Å². The maximum atomic E-state index is 5.15. The van der Waals surface area contributed by atoms with E-state index in [4.69, 9.17) is 4.74 Å². The Morgan fingerprint density at radius 3 is 2.92 bits per heavy atom. The van der Waals surface area contributed by atoms with E-state index < -0.39 is 0 Å². The van der Waals surface area contributed by atoms with Gasteiger partial charge in [0.15, 0.2) is 0 Å². The molecule has 0 aromatic carbocycles. The predicted octanol–water partition coefficient (Wildman–Crippen LogP) is 1.95. The summed E-state index contributed by atoms with van der Waals surface area (Å²) in [4.78, 5) is 8.47. The lowest BCUT2D eigenvalue weighted by Crippen LogP contribution is -1.92. The average molecular weight is 174 g/mol. The lowest BCUT2D eigenvalue weighted by molar-refractivity contribution is 0.410. The number of methoxy groups -OCH3 is 1. The summed E-state index contributed by atoms with van der Waals surface area (Å²) in [6.45, 7) is 1.98. The van der Waals surface area contributed by atoms with Gasteiger partial charge in [-0.25, -0.2) is 0 Å². The quantitative estimate of drug-likeness (QED) is 0.662. The van der Waals surface area contributed by atoms with E-state index >= 15 is 0 Å². The summed E-state index contributed by atoms with van der Waals surface area (Å²) in [5.41, 5.74) is 2.84. The summed E-state index contributed by atoms with van der Waals surface area (Å²) in [6, 6.07) is 3.82. The number of aromatic nitrogens is 2. The maximum Gasteiger partial charge on any atom is 0.142 e. The highest BCUT2D eigenvalue weighted by molar-refractivity contribution is 5.79. The monoisotopic (exact) mass is 174 g/mol. The molecule has 0 aliphatic heterocycles. The van der Waals surface area contributed by atoms with Crippen molar-refractivity contribution in [2.24, 2.45) is 0 Å². The first-order valence-corrected chi connectivity index (χ1v) is 4.07. The molecule has 0 N–H and O–H groups in total. The van der Waals surface area contributed by atoms with Crippen molar-refractivity contribution in [3.05, 3.63) is 30.1 Å². The van der Waals surface area contributed by atoms with E-state index in [9.17, 15) is 0 Å². The number of fused-ring (bicyclic) bond motifs is 1. The molecule has 0 saturated carbocycles. The van der Waals surface area contributed by atoms with Crippen LogP contribution in [0.4, 0.5) is 0 Å². The molecule has 0 spiro atoms. The van der Waals surface area contributed by atoms with Crippen LogP contribution in [0.5, 0.6) is 5.75 Å². The standard InChI is InChI=1S/C10H10N2O/c1-7-9(13-2)6-12-8-4-3-5-11-10(7)8/h3-6H,1-2H3. The van der Waals surface area contributed by atoms with Crippen LogP contribution in [0.3, 0.4) is 0 Å². The largest absolute Gasteiger partial charge is 0.495 e. The lowest BCUT2D eigenvalue weighted by Gasteiger charge is -2.05. The van der Waals surface area contributed by atoms with Crippen LogP contribution >= 0.6 is 0 Å². The van der Waals surface area contributed by atoms with Crippen molar-refractivity contribution < 1.29 is 4.74 Å². The van der Waals surface area contributed by atoms with Crippen molar-refractivity contribution in [1.82, 2.24) is 9.97 Å². The van der Waals surface area contributed by atoms with Crippen molar-refractivity contribution >= 4 is 11.0 Å². The normalized spacial score (nSPS) is 10.3. The number of pyridine rings is 2. The molecule has 2 aromatic rings. The number of ether oxygens (including phenoxy) is 1. The van der Waals surface area contributed by atoms with E-state index in [1.54, 1.807) is 19.5 Å². The average Bonchev–Trinajstić information content (AvgIpc) is 2.19. The van der Waals surface area contributed by atoms with E-state index in [2.05, 4.69) is 9.97 Å². The smallest absolute Gasteiger partial charge is 0.142 e. The molecule has 0 atom stereocenters. The van der Waals surface area contributed by atoms with Crippen molar-refractivity contribution in [1.29, 1.82) is 0 Å². The SMILES string of the molecule is COc1cnc2cccnc2c1C. The molecular weight excluding hydrogens is 164 g/mol. The molecular formula is C10H10N2O. The Balaban J connectivity index is 2.79. The molecule has 0 fully saturated rings. The van der Waals surface area contributed by atoms with Crippen molar-refractivity contribution in [3.8, 4) is 5.75 Å². The molecule has 0 amide bonds. The zero-order chi connectivity index (χ0) is 9.26. The minimum absolute atomic E-state index is 0.784. The van der Waals surface area contributed by atoms with E-state index in [0.717, 1.165) is 22.3 Å². The molecule has 2 rings (SSSR count). The molecule has 13 heavy (non-hydrogen) atoms. The molecule has 3 heteroatoms. The number of aryl methyl sites for hydroxylation is 1. The van der Waals surface area contributed by atoms with E-state index in [-0.39, 0.29) is 0 Å². The topological polar surface area (TPSA) is 35.0 Å². The fourth-order valence-electron chi connectivity index (χ4n) is 1.34. The van der Waals surface area contributed by atoms with Gasteiger partial charge in [0.2, 0.25) is 0 Å². The Bertz CT molecular complexity index is 440. The summed E-state index contributed by atoms with van der Waals surface area (Å²) in [6.07, 6.45) is 3.48. The van der Waals surface area contributed by atoms with Gasteiger partial charge in [0, 0.05) is 11.8 Å². The zero-order valence-corrected chi connectivity index (χ0v) is 7.61. The maximum absolute atomic E-state index is 5.15. The van der Waals surface area contributed by atoms with Gasteiger partial charge in [0.1, 0.15) is 5.75 Å². The van der Waals surface area contributed by atoms with E-state index in [1.165, 1.54) is 0 Å². The van der Waals surface area contributed by atoms with Gasteiger partial charge in [-0.1, -0.05) is 0 Å². The summed E-state index contributed by atoms with van der Waals surface area (Å²) < 4.78 is 5.15. The van der Waals surface area contributed by atoms with Crippen LogP contribution in [0.25, 0.3) is 11.0 Å². The fourth-order valence-corrected chi connectivity index (χ4v) is 1.34. The zero-order valence-electron chi connectivity index (χ0n) is 7.61. The van der Waals surface area contributed by atoms with Crippen LogP contribution in [-0.4, -0.2) is 17.1 Å². The Kier molecular flexibility index (Phi) is 1.85. The van der Waals surface area contributed by atoms with Crippen LogP contribution in [0.15, 0.2) is 24.5 Å². The molecule has 0 aliphatic carbocycles. The first-order chi connectivity index (χ1) is 6.33. The highest BCUT2D eigenvalue weighted by Crippen LogP contribution is 2.22. The van der Waals surface area contributed by atoms with Crippen molar-refractivity contribution in [2.45, 2.75) is 6.92 Å². The van der Waals surface area contributed by atoms with Crippen molar-refractivity contribution in [3.63, 3.8) is 0 Å². The van der Waals surface area contributed by atoms with Gasteiger partial charge in [0.25, 0.3) is 0 Å². The molecule has 0 saturated heterocycles. The first kappa shape index (κ1) is 7.98. The Hall–Kier alpha value is -1.64. The molecule has 0 bridgehead atoms. The van der Waals surface area contributed by atoms with Crippen LogP contribution in [-0.2, 0) is 0 Å². The highest BCUT2D eigenvalue weighted by Gasteiger charge is 2.04. The predicted molar refractivity (Wildman–Crippen MR) is 50.8 cm³/mol. The number of hydrogen-bond acceptors (Lipinski definition) is 3. The highest BCUT2D eigenvalue weighted by atomic mass is 16.5. The second-order valence-corrected chi connectivity index (χ2v) is 2.82. The first-order valence-electron chi connectivity index (χ1n) is 4.07. The lowest BCUT2D eigenvalue weighted by atomic mass is 10.2. The van der Waals surface area contributed by atoms with Crippen LogP contribution < -0.4 is 4.74 Å². The molecule has 3 nitrogen and oxygen atoms in total. The summed E-state index contributed by atoms with van der Waals surface area (Å²) >= 11 is 0. The van der Waals surface area contributed by atoms with Crippen LogP contribution in [0.2, 0.25) is 0 Å². The minimum atomic E-state index is 0.784. The van der Waals surface area contributed by atoms with Gasteiger partial charge in [-0.3, -0.25) is 9.97 Å². The number of nitrogens with zero attached hydrogens (tertiary/aromatic N) is 2. The molecule has 2 heterocycles. The van der Waals surface area contributed by atoms with E-state index in [0.29, 0.717) is 0 Å². The number of hydrogen-bond donors (Lipinski definition) is 0. The van der Waals surface area contributed by atoms with Gasteiger partial charge in [-0.2, -0.15) is 0 Å². The molecule has 66 valence electrons. The van der Waals surface area contributed by atoms with Gasteiger partial charge in [-0.05, 0) is 19.1 Å². The Morgan fingerprint density at radius 2 is 2.15 bits per heavy atom. The van der Waals surface area contributed by atoms with Crippen LogP contribution in [0.1, 0.15) is 5.56 Å². The molecule has 0 radical (unpaired) electrons. The van der Waals surface area contributed by atoms with Gasteiger partial charge < -0.3 is 4.74 Å². The summed E-state index contributed by atoms with van der Waals surface area (Å²) in [5, 5.41) is 0. The third kappa shape index (κ3) is 1.22. The van der Waals surface area contributed by atoms with Gasteiger partial charge in [0.05, 0.1) is 24.3 Å². The van der Waals surface area contributed by atoms with E-state index in [1.807, 2.05) is 19.1 Å². The summed E-state index contributed by atoms with van der Waals surface area (Å²) in [5.74, 6) is 0.784. The van der Waals surface area contributed by atoms with Crippen LogP contribution in [0, 0.1) is 6.92 Å². The minimum Gasteiger partial charge on any atom is -0.495 e. The second-order valence-electron chi connectivity index (χ2n) is 2.82.